The van der Waals surface area contributed by atoms with Crippen LogP contribution in [0.3, 0.4) is 0 Å². The lowest BCUT2D eigenvalue weighted by atomic mass is 10.1. The molecule has 1 N–H and O–H groups in total. The Morgan fingerprint density at radius 2 is 2.00 bits per heavy atom. The van der Waals surface area contributed by atoms with E-state index in [-0.39, 0.29) is 5.54 Å². The summed E-state index contributed by atoms with van der Waals surface area (Å²) in [5.41, 5.74) is 3.24. The van der Waals surface area contributed by atoms with E-state index in [1.807, 2.05) is 5.01 Å². The molecular formula is C9H19N3. The van der Waals surface area contributed by atoms with Gasteiger partial charge in [0.1, 0.15) is 6.54 Å². The van der Waals surface area contributed by atoms with Crippen LogP contribution >= 0.6 is 0 Å². The van der Waals surface area contributed by atoms with Crippen LogP contribution < -0.4 is 5.43 Å². The van der Waals surface area contributed by atoms with Crippen LogP contribution in [0.5, 0.6) is 0 Å². The second kappa shape index (κ2) is 5.13. The van der Waals surface area contributed by atoms with Crippen molar-refractivity contribution in [3.63, 3.8) is 0 Å². The van der Waals surface area contributed by atoms with E-state index in [1.54, 1.807) is 0 Å². The van der Waals surface area contributed by atoms with Crippen molar-refractivity contribution in [1.29, 1.82) is 5.26 Å². The van der Waals surface area contributed by atoms with E-state index >= 15 is 0 Å². The zero-order valence-corrected chi connectivity index (χ0v) is 8.52. The third-order valence-corrected chi connectivity index (χ3v) is 1.59. The third kappa shape index (κ3) is 4.32. The fraction of sp³-hybridized carbons (Fsp3) is 0.889. The van der Waals surface area contributed by atoms with Crippen molar-refractivity contribution in [2.24, 2.45) is 0 Å². The molecule has 0 atom stereocenters. The van der Waals surface area contributed by atoms with Gasteiger partial charge in [0.15, 0.2) is 0 Å². The normalized spacial score (nSPS) is 11.7. The Morgan fingerprint density at radius 3 is 2.33 bits per heavy atom. The smallest absolute Gasteiger partial charge is 0.101 e. The van der Waals surface area contributed by atoms with Crippen LogP contribution in [-0.2, 0) is 0 Å². The first-order chi connectivity index (χ1) is 5.52. The van der Waals surface area contributed by atoms with Gasteiger partial charge in [-0.15, -0.1) is 0 Å². The molecule has 0 radical (unpaired) electrons. The molecule has 0 spiro atoms. The summed E-state index contributed by atoms with van der Waals surface area (Å²) < 4.78 is 0. The molecule has 0 aromatic carbocycles. The monoisotopic (exact) mass is 169 g/mol. The van der Waals surface area contributed by atoms with Gasteiger partial charge in [0.2, 0.25) is 0 Å². The minimum Gasteiger partial charge on any atom is -0.254 e. The van der Waals surface area contributed by atoms with Gasteiger partial charge in [0, 0.05) is 12.1 Å². The van der Waals surface area contributed by atoms with Gasteiger partial charge in [-0.2, -0.15) is 5.26 Å². The van der Waals surface area contributed by atoms with E-state index in [1.165, 1.54) is 0 Å². The van der Waals surface area contributed by atoms with E-state index in [9.17, 15) is 0 Å². The van der Waals surface area contributed by atoms with Crippen LogP contribution in [0.25, 0.3) is 0 Å². The van der Waals surface area contributed by atoms with Crippen LogP contribution in [0.1, 0.15) is 34.1 Å². The lowest BCUT2D eigenvalue weighted by Crippen LogP contribution is -2.50. The molecule has 0 saturated heterocycles. The molecule has 0 aliphatic rings. The van der Waals surface area contributed by atoms with Crippen molar-refractivity contribution in [3.8, 4) is 6.07 Å². The first-order valence-electron chi connectivity index (χ1n) is 4.40. The topological polar surface area (TPSA) is 39.1 Å². The van der Waals surface area contributed by atoms with Crippen molar-refractivity contribution >= 4 is 0 Å². The van der Waals surface area contributed by atoms with E-state index in [4.69, 9.17) is 5.26 Å². The molecule has 12 heavy (non-hydrogen) atoms. The van der Waals surface area contributed by atoms with E-state index in [0.29, 0.717) is 6.54 Å². The van der Waals surface area contributed by atoms with Gasteiger partial charge in [0.05, 0.1) is 6.07 Å². The molecule has 0 rings (SSSR count). The Hall–Kier alpha value is -0.590. The Bertz CT molecular complexity index is 152. The maximum absolute atomic E-state index is 8.57. The van der Waals surface area contributed by atoms with Crippen molar-refractivity contribution < 1.29 is 0 Å². The van der Waals surface area contributed by atoms with Crippen LogP contribution in [-0.4, -0.2) is 23.6 Å². The summed E-state index contributed by atoms with van der Waals surface area (Å²) in [6.45, 7) is 9.75. The number of nitriles is 1. The van der Waals surface area contributed by atoms with Crippen LogP contribution in [0, 0.1) is 11.3 Å². The number of nitrogens with zero attached hydrogens (tertiary/aromatic N) is 2. The van der Waals surface area contributed by atoms with Gasteiger partial charge in [0.25, 0.3) is 0 Å². The van der Waals surface area contributed by atoms with E-state index in [0.717, 1.165) is 13.0 Å². The Kier molecular flexibility index (Phi) is 4.87. The quantitative estimate of drug-likeness (QED) is 0.512. The Labute approximate surface area is 75.3 Å². The first kappa shape index (κ1) is 11.4. The summed E-state index contributed by atoms with van der Waals surface area (Å²) in [6, 6.07) is 2.15. The maximum Gasteiger partial charge on any atom is 0.101 e. The molecule has 0 unspecified atom stereocenters. The predicted octanol–water partition coefficient (Wildman–Crippen LogP) is 1.53. The second-order valence-electron chi connectivity index (χ2n) is 3.82. The molecule has 70 valence electrons. The summed E-state index contributed by atoms with van der Waals surface area (Å²) in [7, 11) is 0. The highest BCUT2D eigenvalue weighted by Gasteiger charge is 2.19. The SMILES string of the molecule is CCCNN(CC#N)C(C)(C)C. The minimum atomic E-state index is 0.0188. The molecule has 0 saturated carbocycles. The standard InChI is InChI=1S/C9H19N3/c1-5-7-11-12(8-6-10)9(2,3)4/h11H,5,7-8H2,1-4H3. The number of hydrazine groups is 1. The maximum atomic E-state index is 8.57. The van der Waals surface area contributed by atoms with Gasteiger partial charge in [-0.3, -0.25) is 5.43 Å². The fourth-order valence-corrected chi connectivity index (χ4v) is 0.848. The highest BCUT2D eigenvalue weighted by atomic mass is 15.5. The Morgan fingerprint density at radius 1 is 1.42 bits per heavy atom. The summed E-state index contributed by atoms with van der Waals surface area (Å²) in [5.74, 6) is 0. The van der Waals surface area contributed by atoms with Gasteiger partial charge >= 0.3 is 0 Å². The Balaban J connectivity index is 3.97. The summed E-state index contributed by atoms with van der Waals surface area (Å²) in [6.07, 6.45) is 1.08. The summed E-state index contributed by atoms with van der Waals surface area (Å²) >= 11 is 0. The van der Waals surface area contributed by atoms with Crippen LogP contribution in [0.2, 0.25) is 0 Å². The number of hydrogen-bond donors (Lipinski definition) is 1. The van der Waals surface area contributed by atoms with E-state index < -0.39 is 0 Å². The molecule has 0 fully saturated rings. The van der Waals surface area contributed by atoms with Crippen molar-refractivity contribution in [2.75, 3.05) is 13.1 Å². The van der Waals surface area contributed by atoms with Crippen LogP contribution in [0.4, 0.5) is 0 Å². The average Bonchev–Trinajstić information content (AvgIpc) is 1.95. The summed E-state index contributed by atoms with van der Waals surface area (Å²) in [4.78, 5) is 0. The average molecular weight is 169 g/mol. The molecule has 0 heterocycles. The molecule has 3 nitrogen and oxygen atoms in total. The zero-order valence-electron chi connectivity index (χ0n) is 8.52. The lowest BCUT2D eigenvalue weighted by molar-refractivity contribution is 0.0901. The number of hydrogen-bond acceptors (Lipinski definition) is 3. The molecule has 3 heteroatoms. The molecule has 0 amide bonds. The summed E-state index contributed by atoms with van der Waals surface area (Å²) in [5, 5.41) is 10.5. The van der Waals surface area contributed by atoms with Crippen molar-refractivity contribution in [2.45, 2.75) is 39.7 Å². The number of nitrogens with one attached hydrogen (secondary N) is 1. The molecule has 0 aromatic heterocycles. The lowest BCUT2D eigenvalue weighted by Gasteiger charge is -2.33. The van der Waals surface area contributed by atoms with Gasteiger partial charge in [-0.05, 0) is 27.2 Å². The number of rotatable bonds is 4. The second-order valence-corrected chi connectivity index (χ2v) is 3.82. The first-order valence-corrected chi connectivity index (χ1v) is 4.40. The van der Waals surface area contributed by atoms with Gasteiger partial charge < -0.3 is 0 Å². The van der Waals surface area contributed by atoms with E-state index in [2.05, 4.69) is 39.2 Å². The molecular weight excluding hydrogens is 150 g/mol. The molecule has 0 aliphatic carbocycles. The zero-order chi connectivity index (χ0) is 9.61. The van der Waals surface area contributed by atoms with Gasteiger partial charge in [-0.1, -0.05) is 6.92 Å². The molecule has 0 aliphatic heterocycles. The fourth-order valence-electron chi connectivity index (χ4n) is 0.848. The molecule has 0 bridgehead atoms. The largest absolute Gasteiger partial charge is 0.254 e. The van der Waals surface area contributed by atoms with Gasteiger partial charge in [-0.25, -0.2) is 5.01 Å². The predicted molar refractivity (Wildman–Crippen MR) is 50.4 cm³/mol. The third-order valence-electron chi connectivity index (χ3n) is 1.59. The van der Waals surface area contributed by atoms with Crippen LogP contribution in [0.15, 0.2) is 0 Å². The highest BCUT2D eigenvalue weighted by Crippen LogP contribution is 2.08. The minimum absolute atomic E-state index is 0.0188. The highest BCUT2D eigenvalue weighted by molar-refractivity contribution is 4.82. The van der Waals surface area contributed by atoms with Crippen molar-refractivity contribution in [1.82, 2.24) is 10.4 Å². The van der Waals surface area contributed by atoms with Crippen molar-refractivity contribution in [3.05, 3.63) is 0 Å². The molecule has 0 aromatic rings.